The summed E-state index contributed by atoms with van der Waals surface area (Å²) in [6.07, 6.45) is 0.556. The Morgan fingerprint density at radius 3 is 2.68 bits per heavy atom. The molecule has 5 heteroatoms. The highest BCUT2D eigenvalue weighted by molar-refractivity contribution is 5.81. The van der Waals surface area contributed by atoms with Crippen molar-refractivity contribution in [1.29, 1.82) is 0 Å². The van der Waals surface area contributed by atoms with Crippen molar-refractivity contribution in [2.24, 2.45) is 0 Å². The van der Waals surface area contributed by atoms with Gasteiger partial charge < -0.3 is 9.15 Å². The Bertz CT molecular complexity index is 928. The summed E-state index contributed by atoms with van der Waals surface area (Å²) in [5.74, 6) is -0.325. The molecular formula is C17H11FO4. The van der Waals surface area contributed by atoms with Gasteiger partial charge in [-0.3, -0.25) is 4.79 Å². The first-order valence-electron chi connectivity index (χ1n) is 6.54. The van der Waals surface area contributed by atoms with Crippen LogP contribution in [-0.2, 0) is 0 Å². The summed E-state index contributed by atoms with van der Waals surface area (Å²) in [5, 5.41) is 0.781. The number of carbonyl (C=O) groups is 1. The molecule has 110 valence electrons. The van der Waals surface area contributed by atoms with Gasteiger partial charge in [0.25, 0.3) is 0 Å². The summed E-state index contributed by atoms with van der Waals surface area (Å²) < 4.78 is 24.4. The molecule has 0 fully saturated rings. The summed E-state index contributed by atoms with van der Waals surface area (Å²) in [6, 6.07) is 10.2. The van der Waals surface area contributed by atoms with E-state index < -0.39 is 11.4 Å². The molecular weight excluding hydrogens is 287 g/mol. The van der Waals surface area contributed by atoms with E-state index >= 15 is 0 Å². The van der Waals surface area contributed by atoms with Crippen LogP contribution >= 0.6 is 0 Å². The van der Waals surface area contributed by atoms with Crippen molar-refractivity contribution < 1.29 is 18.3 Å². The van der Waals surface area contributed by atoms with E-state index in [1.165, 1.54) is 24.3 Å². The minimum absolute atomic E-state index is 0.0139. The van der Waals surface area contributed by atoms with Crippen LogP contribution < -0.4 is 10.4 Å². The third-order valence-corrected chi connectivity index (χ3v) is 3.24. The van der Waals surface area contributed by atoms with Gasteiger partial charge in [0.05, 0.1) is 0 Å². The number of aryl methyl sites for hydroxylation is 1. The molecule has 0 atom stereocenters. The van der Waals surface area contributed by atoms with Gasteiger partial charge in [-0.2, -0.15) is 0 Å². The van der Waals surface area contributed by atoms with Crippen LogP contribution in [0, 0.1) is 12.7 Å². The molecule has 0 N–H and O–H groups in total. The maximum atomic E-state index is 13.8. The predicted molar refractivity (Wildman–Crippen MR) is 79.1 cm³/mol. The monoisotopic (exact) mass is 298 g/mol. The number of fused-ring (bicyclic) bond motifs is 1. The Hall–Kier alpha value is -2.95. The Kier molecular flexibility index (Phi) is 3.47. The molecule has 4 nitrogen and oxygen atoms in total. The number of hydrogen-bond acceptors (Lipinski definition) is 4. The summed E-state index contributed by atoms with van der Waals surface area (Å²) in [6.45, 7) is 1.80. The largest absolute Gasteiger partial charge is 0.454 e. The van der Waals surface area contributed by atoms with Gasteiger partial charge in [0, 0.05) is 23.1 Å². The molecule has 0 radical (unpaired) electrons. The van der Waals surface area contributed by atoms with Crippen molar-refractivity contribution in [3.63, 3.8) is 0 Å². The van der Waals surface area contributed by atoms with Gasteiger partial charge in [-0.15, -0.1) is 0 Å². The predicted octanol–water partition coefficient (Wildman–Crippen LogP) is 3.85. The normalized spacial score (nSPS) is 10.6. The lowest BCUT2D eigenvalue weighted by Gasteiger charge is -2.08. The van der Waals surface area contributed by atoms with Gasteiger partial charge in [-0.05, 0) is 42.8 Å². The Balaban J connectivity index is 2.01. The Morgan fingerprint density at radius 1 is 1.14 bits per heavy atom. The van der Waals surface area contributed by atoms with Gasteiger partial charge in [-0.1, -0.05) is 0 Å². The average Bonchev–Trinajstić information content (AvgIpc) is 2.48. The summed E-state index contributed by atoms with van der Waals surface area (Å²) in [5.41, 5.74) is 0.931. The molecule has 0 unspecified atom stereocenters. The standard InChI is InChI=1S/C17H11FO4/c1-10-6-17(20)22-16-8-12(3-4-13(10)16)21-15-5-2-11(9-19)7-14(15)18/h2-9H,1H3. The third kappa shape index (κ3) is 2.61. The second-order valence-electron chi connectivity index (χ2n) is 4.82. The van der Waals surface area contributed by atoms with Crippen molar-refractivity contribution in [3.05, 3.63) is 69.8 Å². The maximum absolute atomic E-state index is 13.8. The van der Waals surface area contributed by atoms with Crippen LogP contribution in [0.1, 0.15) is 15.9 Å². The quantitative estimate of drug-likeness (QED) is 0.544. The summed E-state index contributed by atoms with van der Waals surface area (Å²) in [4.78, 5) is 22.0. The van der Waals surface area contributed by atoms with Crippen molar-refractivity contribution in [1.82, 2.24) is 0 Å². The number of aldehydes is 1. The van der Waals surface area contributed by atoms with Crippen molar-refractivity contribution in [2.45, 2.75) is 6.92 Å². The van der Waals surface area contributed by atoms with E-state index in [0.29, 0.717) is 17.6 Å². The highest BCUT2D eigenvalue weighted by atomic mass is 19.1. The molecule has 1 aromatic heterocycles. The number of carbonyl (C=O) groups excluding carboxylic acids is 1. The van der Waals surface area contributed by atoms with Crippen LogP contribution in [0.15, 0.2) is 51.7 Å². The van der Waals surface area contributed by atoms with Crippen molar-refractivity contribution in [2.75, 3.05) is 0 Å². The zero-order valence-corrected chi connectivity index (χ0v) is 11.6. The van der Waals surface area contributed by atoms with Gasteiger partial charge in [0.15, 0.2) is 11.6 Å². The van der Waals surface area contributed by atoms with E-state index in [-0.39, 0.29) is 11.3 Å². The molecule has 0 amide bonds. The van der Waals surface area contributed by atoms with Crippen LogP contribution in [0.3, 0.4) is 0 Å². The highest BCUT2D eigenvalue weighted by Gasteiger charge is 2.08. The van der Waals surface area contributed by atoms with E-state index in [4.69, 9.17) is 9.15 Å². The molecule has 0 spiro atoms. The molecule has 0 aliphatic rings. The first-order valence-corrected chi connectivity index (χ1v) is 6.54. The van der Waals surface area contributed by atoms with E-state index in [0.717, 1.165) is 17.0 Å². The van der Waals surface area contributed by atoms with Crippen LogP contribution in [0.5, 0.6) is 11.5 Å². The number of ether oxygens (including phenoxy) is 1. The molecule has 0 aliphatic carbocycles. The fourth-order valence-corrected chi connectivity index (χ4v) is 2.17. The molecule has 1 heterocycles. The SMILES string of the molecule is Cc1cc(=O)oc2cc(Oc3ccc(C=O)cc3F)ccc12. The first kappa shape index (κ1) is 14.0. The number of benzene rings is 2. The molecule has 0 bridgehead atoms. The molecule has 0 saturated carbocycles. The average molecular weight is 298 g/mol. The topological polar surface area (TPSA) is 56.5 Å². The number of halogens is 1. The molecule has 2 aromatic carbocycles. The second-order valence-corrected chi connectivity index (χ2v) is 4.82. The van der Waals surface area contributed by atoms with Crippen LogP contribution in [0.25, 0.3) is 11.0 Å². The summed E-state index contributed by atoms with van der Waals surface area (Å²) in [7, 11) is 0. The smallest absolute Gasteiger partial charge is 0.336 e. The second kappa shape index (κ2) is 5.44. The molecule has 0 saturated heterocycles. The lowest BCUT2D eigenvalue weighted by atomic mass is 10.1. The molecule has 3 rings (SSSR count). The minimum Gasteiger partial charge on any atom is -0.454 e. The number of hydrogen-bond donors (Lipinski definition) is 0. The van der Waals surface area contributed by atoms with Crippen molar-refractivity contribution >= 4 is 17.3 Å². The summed E-state index contributed by atoms with van der Waals surface area (Å²) >= 11 is 0. The van der Waals surface area contributed by atoms with Crippen LogP contribution in [0.2, 0.25) is 0 Å². The Morgan fingerprint density at radius 2 is 1.95 bits per heavy atom. The highest BCUT2D eigenvalue weighted by Crippen LogP contribution is 2.28. The first-order chi connectivity index (χ1) is 10.6. The minimum atomic E-state index is -0.643. The lowest BCUT2D eigenvalue weighted by molar-refractivity contribution is 0.112. The van der Waals surface area contributed by atoms with E-state index in [9.17, 15) is 14.0 Å². The zero-order valence-electron chi connectivity index (χ0n) is 11.6. The fourth-order valence-electron chi connectivity index (χ4n) is 2.17. The Labute approximate surface area is 124 Å². The van der Waals surface area contributed by atoms with Gasteiger partial charge >= 0.3 is 5.63 Å². The number of rotatable bonds is 3. The van der Waals surface area contributed by atoms with E-state index in [2.05, 4.69) is 0 Å². The van der Waals surface area contributed by atoms with Gasteiger partial charge in [-0.25, -0.2) is 9.18 Å². The zero-order chi connectivity index (χ0) is 15.7. The third-order valence-electron chi connectivity index (χ3n) is 3.24. The lowest BCUT2D eigenvalue weighted by Crippen LogP contribution is -1.98. The van der Waals surface area contributed by atoms with E-state index in [1.54, 1.807) is 19.1 Å². The van der Waals surface area contributed by atoms with Gasteiger partial charge in [0.1, 0.15) is 17.6 Å². The molecule has 22 heavy (non-hydrogen) atoms. The molecule has 3 aromatic rings. The molecule has 0 aliphatic heterocycles. The van der Waals surface area contributed by atoms with Crippen LogP contribution in [-0.4, -0.2) is 6.29 Å². The van der Waals surface area contributed by atoms with Crippen molar-refractivity contribution in [3.8, 4) is 11.5 Å². The maximum Gasteiger partial charge on any atom is 0.336 e. The van der Waals surface area contributed by atoms with Crippen LogP contribution in [0.4, 0.5) is 4.39 Å². The van der Waals surface area contributed by atoms with E-state index in [1.807, 2.05) is 0 Å². The van der Waals surface area contributed by atoms with Gasteiger partial charge in [0.2, 0.25) is 0 Å². The fraction of sp³-hybridized carbons (Fsp3) is 0.0588.